The molecule has 0 saturated carbocycles. The van der Waals surface area contributed by atoms with E-state index in [1.165, 1.54) is 16.1 Å². The third-order valence-corrected chi connectivity index (χ3v) is 4.69. The molecule has 0 aromatic heterocycles. The van der Waals surface area contributed by atoms with Gasteiger partial charge in [-0.2, -0.15) is 0 Å². The number of thioether (sulfide) groups is 1. The smallest absolute Gasteiger partial charge is 0.103 e. The van der Waals surface area contributed by atoms with Gasteiger partial charge in [0.15, 0.2) is 0 Å². The molecule has 4 heteroatoms. The number of hydrogen-bond acceptors (Lipinski definition) is 3. The van der Waals surface area contributed by atoms with Gasteiger partial charge in [0.05, 0.1) is 0 Å². The van der Waals surface area contributed by atoms with Gasteiger partial charge in [-0.15, -0.1) is 0 Å². The molecule has 1 aliphatic heterocycles. The zero-order chi connectivity index (χ0) is 12.5. The molecular formula is C14H13BrN2S. The standard InChI is InChI=1S/C14H13BrN2S/c1-16-11-5-2-9(3-6-11)14-17-12-7-4-10(15)8-13(12)18-14/h2-8,14,16-17H,1H3. The van der Waals surface area contributed by atoms with Crippen molar-refractivity contribution in [2.24, 2.45) is 0 Å². The fourth-order valence-corrected chi connectivity index (χ4v) is 3.68. The van der Waals surface area contributed by atoms with Gasteiger partial charge < -0.3 is 10.6 Å². The van der Waals surface area contributed by atoms with Crippen molar-refractivity contribution in [3.8, 4) is 0 Å². The Kier molecular flexibility index (Phi) is 3.22. The van der Waals surface area contributed by atoms with Gasteiger partial charge in [-0.1, -0.05) is 39.8 Å². The molecule has 92 valence electrons. The molecular weight excluding hydrogens is 308 g/mol. The number of benzene rings is 2. The van der Waals surface area contributed by atoms with E-state index in [9.17, 15) is 0 Å². The second-order valence-corrected chi connectivity index (χ2v) is 6.22. The summed E-state index contributed by atoms with van der Waals surface area (Å²) in [5.74, 6) is 0. The number of rotatable bonds is 2. The Balaban J connectivity index is 1.84. The molecule has 0 aliphatic carbocycles. The van der Waals surface area contributed by atoms with Crippen molar-refractivity contribution < 1.29 is 0 Å². The van der Waals surface area contributed by atoms with E-state index in [1.54, 1.807) is 0 Å². The van der Waals surface area contributed by atoms with Crippen LogP contribution in [-0.2, 0) is 0 Å². The fourth-order valence-electron chi connectivity index (χ4n) is 1.99. The topological polar surface area (TPSA) is 24.1 Å². The molecule has 2 N–H and O–H groups in total. The molecule has 3 rings (SSSR count). The molecule has 1 aliphatic rings. The predicted molar refractivity (Wildman–Crippen MR) is 82.4 cm³/mol. The number of nitrogens with one attached hydrogen (secondary N) is 2. The Morgan fingerprint density at radius 2 is 1.94 bits per heavy atom. The molecule has 0 fully saturated rings. The van der Waals surface area contributed by atoms with E-state index in [1.807, 2.05) is 18.8 Å². The first-order valence-electron chi connectivity index (χ1n) is 5.77. The summed E-state index contributed by atoms with van der Waals surface area (Å²) in [6.45, 7) is 0. The molecule has 0 radical (unpaired) electrons. The van der Waals surface area contributed by atoms with Crippen LogP contribution in [0.15, 0.2) is 51.8 Å². The van der Waals surface area contributed by atoms with Gasteiger partial charge in [-0.05, 0) is 35.9 Å². The van der Waals surface area contributed by atoms with Crippen molar-refractivity contribution in [2.45, 2.75) is 10.3 Å². The highest BCUT2D eigenvalue weighted by Gasteiger charge is 2.22. The minimum Gasteiger partial charge on any atom is -0.388 e. The highest BCUT2D eigenvalue weighted by molar-refractivity contribution is 9.10. The summed E-state index contributed by atoms with van der Waals surface area (Å²) in [6.07, 6.45) is 0. The van der Waals surface area contributed by atoms with E-state index >= 15 is 0 Å². The minimum absolute atomic E-state index is 0.306. The fraction of sp³-hybridized carbons (Fsp3) is 0.143. The van der Waals surface area contributed by atoms with Gasteiger partial charge in [-0.3, -0.25) is 0 Å². The highest BCUT2D eigenvalue weighted by atomic mass is 79.9. The lowest BCUT2D eigenvalue weighted by Crippen LogP contribution is -2.01. The molecule has 2 aromatic carbocycles. The third-order valence-electron chi connectivity index (χ3n) is 2.98. The van der Waals surface area contributed by atoms with Crippen LogP contribution < -0.4 is 10.6 Å². The maximum Gasteiger partial charge on any atom is 0.103 e. The Morgan fingerprint density at radius 3 is 2.67 bits per heavy atom. The maximum absolute atomic E-state index is 3.54. The molecule has 0 saturated heterocycles. The summed E-state index contributed by atoms with van der Waals surface area (Å²) < 4.78 is 1.13. The van der Waals surface area contributed by atoms with Crippen molar-refractivity contribution >= 4 is 39.1 Å². The van der Waals surface area contributed by atoms with Crippen LogP contribution in [0.25, 0.3) is 0 Å². The molecule has 18 heavy (non-hydrogen) atoms. The normalized spacial score (nSPS) is 17.1. The Labute approximate surface area is 119 Å². The molecule has 0 spiro atoms. The van der Waals surface area contributed by atoms with Crippen LogP contribution in [0.5, 0.6) is 0 Å². The van der Waals surface area contributed by atoms with Crippen LogP contribution in [0.1, 0.15) is 10.9 Å². The summed E-state index contributed by atoms with van der Waals surface area (Å²) in [5, 5.41) is 6.98. The van der Waals surface area contributed by atoms with Crippen LogP contribution in [0.2, 0.25) is 0 Å². The number of anilines is 2. The second kappa shape index (κ2) is 4.86. The van der Waals surface area contributed by atoms with Crippen LogP contribution in [0, 0.1) is 0 Å². The Bertz CT molecular complexity index is 569. The van der Waals surface area contributed by atoms with Crippen LogP contribution >= 0.6 is 27.7 Å². The minimum atomic E-state index is 0.306. The van der Waals surface area contributed by atoms with Gasteiger partial charge in [0, 0.05) is 27.8 Å². The Hall–Kier alpha value is -1.13. The molecule has 0 amide bonds. The highest BCUT2D eigenvalue weighted by Crippen LogP contribution is 2.47. The van der Waals surface area contributed by atoms with E-state index < -0.39 is 0 Å². The lowest BCUT2D eigenvalue weighted by Gasteiger charge is -2.11. The maximum atomic E-state index is 3.54. The summed E-state index contributed by atoms with van der Waals surface area (Å²) in [4.78, 5) is 1.30. The van der Waals surface area contributed by atoms with E-state index in [0.29, 0.717) is 5.37 Å². The number of hydrogen-bond donors (Lipinski definition) is 2. The van der Waals surface area contributed by atoms with Crippen LogP contribution in [-0.4, -0.2) is 7.05 Å². The molecule has 2 aromatic rings. The zero-order valence-electron chi connectivity index (χ0n) is 9.91. The van der Waals surface area contributed by atoms with Crippen LogP contribution in [0.4, 0.5) is 11.4 Å². The molecule has 1 unspecified atom stereocenters. The summed E-state index contributed by atoms with van der Waals surface area (Å²) >= 11 is 5.37. The van der Waals surface area contributed by atoms with Crippen molar-refractivity contribution in [2.75, 3.05) is 17.7 Å². The number of fused-ring (bicyclic) bond motifs is 1. The number of halogens is 1. The predicted octanol–water partition coefficient (Wildman–Crippen LogP) is 4.71. The lowest BCUT2D eigenvalue weighted by atomic mass is 10.2. The van der Waals surface area contributed by atoms with Gasteiger partial charge in [0.25, 0.3) is 0 Å². The first-order chi connectivity index (χ1) is 8.76. The largest absolute Gasteiger partial charge is 0.388 e. The van der Waals surface area contributed by atoms with Gasteiger partial charge in [0.2, 0.25) is 0 Å². The summed E-state index contributed by atoms with van der Waals surface area (Å²) in [5.41, 5.74) is 3.65. The van der Waals surface area contributed by atoms with Crippen molar-refractivity contribution in [3.63, 3.8) is 0 Å². The van der Waals surface area contributed by atoms with E-state index in [2.05, 4.69) is 69.0 Å². The van der Waals surface area contributed by atoms with Gasteiger partial charge in [-0.25, -0.2) is 0 Å². The van der Waals surface area contributed by atoms with Crippen molar-refractivity contribution in [3.05, 3.63) is 52.5 Å². The Morgan fingerprint density at radius 1 is 1.17 bits per heavy atom. The quantitative estimate of drug-likeness (QED) is 0.838. The first-order valence-corrected chi connectivity index (χ1v) is 7.44. The molecule has 2 nitrogen and oxygen atoms in total. The SMILES string of the molecule is CNc1ccc(C2Nc3ccc(Br)cc3S2)cc1. The molecule has 1 atom stereocenters. The second-order valence-electron chi connectivity index (χ2n) is 4.15. The van der Waals surface area contributed by atoms with Gasteiger partial charge in [0.1, 0.15) is 5.37 Å². The zero-order valence-corrected chi connectivity index (χ0v) is 12.3. The first kappa shape index (κ1) is 11.9. The van der Waals surface area contributed by atoms with Crippen LogP contribution in [0.3, 0.4) is 0 Å². The monoisotopic (exact) mass is 320 g/mol. The van der Waals surface area contributed by atoms with Gasteiger partial charge >= 0.3 is 0 Å². The molecule has 0 bridgehead atoms. The summed E-state index contributed by atoms with van der Waals surface area (Å²) in [6, 6.07) is 14.9. The van der Waals surface area contributed by atoms with E-state index in [0.717, 1.165) is 10.2 Å². The average molecular weight is 321 g/mol. The average Bonchev–Trinajstić information content (AvgIpc) is 2.81. The lowest BCUT2D eigenvalue weighted by molar-refractivity contribution is 1.13. The van der Waals surface area contributed by atoms with E-state index in [-0.39, 0.29) is 0 Å². The molecule has 1 heterocycles. The summed E-state index contributed by atoms with van der Waals surface area (Å²) in [7, 11) is 1.94. The third kappa shape index (κ3) is 2.22. The van der Waals surface area contributed by atoms with E-state index in [4.69, 9.17) is 0 Å². The van der Waals surface area contributed by atoms with Crippen molar-refractivity contribution in [1.29, 1.82) is 0 Å². The van der Waals surface area contributed by atoms with Crippen molar-refractivity contribution in [1.82, 2.24) is 0 Å².